The van der Waals surface area contributed by atoms with Gasteiger partial charge in [0.15, 0.2) is 0 Å². The van der Waals surface area contributed by atoms with E-state index in [1.54, 1.807) is 0 Å². The monoisotopic (exact) mass is 342 g/mol. The van der Waals surface area contributed by atoms with Gasteiger partial charge >= 0.3 is 12.1 Å². The lowest BCUT2D eigenvalue weighted by molar-refractivity contribution is -0.192. The molecule has 24 heavy (non-hydrogen) atoms. The van der Waals surface area contributed by atoms with Crippen molar-refractivity contribution in [1.29, 1.82) is 0 Å². The Balaban J connectivity index is 1.70. The van der Waals surface area contributed by atoms with E-state index in [4.69, 9.17) is 4.74 Å². The maximum absolute atomic E-state index is 12.6. The molecule has 1 aromatic rings. The zero-order valence-electron chi connectivity index (χ0n) is 13.6. The number of nitrogens with zero attached hydrogens (tertiary/aromatic N) is 2. The third kappa shape index (κ3) is 3.02. The number of hydrogen-bond donors (Lipinski definition) is 0. The van der Waals surface area contributed by atoms with Crippen molar-refractivity contribution in [3.63, 3.8) is 0 Å². The Kier molecular flexibility index (Phi) is 4.57. The number of aryl methyl sites for hydroxylation is 1. The first kappa shape index (κ1) is 17.2. The van der Waals surface area contributed by atoms with Crippen LogP contribution in [0.2, 0.25) is 0 Å². The van der Waals surface area contributed by atoms with Gasteiger partial charge < -0.3 is 9.64 Å². The lowest BCUT2D eigenvalue weighted by Gasteiger charge is -2.52. The summed E-state index contributed by atoms with van der Waals surface area (Å²) in [5, 5.41) is 0. The summed E-state index contributed by atoms with van der Waals surface area (Å²) in [5.74, 6) is -1.74. The van der Waals surface area contributed by atoms with Crippen molar-refractivity contribution in [1.82, 2.24) is 9.80 Å². The highest BCUT2D eigenvalue weighted by Crippen LogP contribution is 2.37. The van der Waals surface area contributed by atoms with Gasteiger partial charge in [-0.2, -0.15) is 13.2 Å². The molecule has 1 aromatic carbocycles. The zero-order valence-corrected chi connectivity index (χ0v) is 13.6. The predicted octanol–water partition coefficient (Wildman–Crippen LogP) is 2.18. The van der Waals surface area contributed by atoms with Crippen molar-refractivity contribution >= 4 is 5.91 Å². The lowest BCUT2D eigenvalue weighted by atomic mass is 9.85. The lowest BCUT2D eigenvalue weighted by Crippen LogP contribution is -2.65. The normalized spacial score (nSPS) is 21.4. The van der Waals surface area contributed by atoms with Crippen molar-refractivity contribution in [2.45, 2.75) is 25.1 Å². The van der Waals surface area contributed by atoms with E-state index in [1.807, 2.05) is 0 Å². The van der Waals surface area contributed by atoms with Gasteiger partial charge in [-0.05, 0) is 17.5 Å². The summed E-state index contributed by atoms with van der Waals surface area (Å²) in [6, 6.07) is 8.32. The van der Waals surface area contributed by atoms with Gasteiger partial charge in [0, 0.05) is 26.2 Å². The molecule has 0 aromatic heterocycles. The van der Waals surface area contributed by atoms with Gasteiger partial charge in [-0.3, -0.25) is 9.69 Å². The number of hydrogen-bond acceptors (Lipinski definition) is 3. The Morgan fingerprint density at radius 1 is 1.12 bits per heavy atom. The number of carbonyl (C=O) groups excluding carboxylic acids is 1. The van der Waals surface area contributed by atoms with Crippen LogP contribution in [0.1, 0.15) is 18.1 Å². The van der Waals surface area contributed by atoms with Crippen molar-refractivity contribution in [2.24, 2.45) is 0 Å². The Hall–Kier alpha value is -1.60. The van der Waals surface area contributed by atoms with Crippen molar-refractivity contribution in [2.75, 3.05) is 39.4 Å². The topological polar surface area (TPSA) is 32.8 Å². The highest BCUT2D eigenvalue weighted by atomic mass is 19.4. The fourth-order valence-corrected chi connectivity index (χ4v) is 3.39. The summed E-state index contributed by atoms with van der Waals surface area (Å²) in [4.78, 5) is 14.4. The molecule has 0 saturated carbocycles. The average molecular weight is 342 g/mol. The quantitative estimate of drug-likeness (QED) is 0.844. The first-order chi connectivity index (χ1) is 11.4. The maximum atomic E-state index is 12.6. The van der Waals surface area contributed by atoms with E-state index in [-0.39, 0.29) is 18.6 Å². The third-order valence-corrected chi connectivity index (χ3v) is 5.00. The van der Waals surface area contributed by atoms with Gasteiger partial charge in [0.1, 0.15) is 0 Å². The second kappa shape index (κ2) is 6.37. The molecule has 2 fully saturated rings. The molecule has 132 valence electrons. The molecule has 7 heteroatoms. The second-order valence-electron chi connectivity index (χ2n) is 6.35. The molecule has 1 amide bonds. The summed E-state index contributed by atoms with van der Waals surface area (Å²) in [7, 11) is 0. The number of ether oxygens (including phenoxy) is 1. The summed E-state index contributed by atoms with van der Waals surface area (Å²) >= 11 is 0. The van der Waals surface area contributed by atoms with Crippen LogP contribution in [0.4, 0.5) is 13.2 Å². The average Bonchev–Trinajstić information content (AvgIpc) is 2.54. The predicted molar refractivity (Wildman–Crippen MR) is 82.5 cm³/mol. The molecule has 0 aliphatic carbocycles. The summed E-state index contributed by atoms with van der Waals surface area (Å²) in [5.41, 5.74) is 2.09. The molecule has 2 aliphatic rings. The second-order valence-corrected chi connectivity index (χ2v) is 6.35. The van der Waals surface area contributed by atoms with E-state index in [2.05, 4.69) is 36.1 Å². The van der Waals surface area contributed by atoms with Crippen LogP contribution in [0, 0.1) is 0 Å². The molecular weight excluding hydrogens is 321 g/mol. The van der Waals surface area contributed by atoms with E-state index >= 15 is 0 Å². The van der Waals surface area contributed by atoms with E-state index < -0.39 is 12.1 Å². The first-order valence-corrected chi connectivity index (χ1v) is 8.15. The van der Waals surface area contributed by atoms with Crippen molar-refractivity contribution < 1.29 is 22.7 Å². The minimum absolute atomic E-state index is 0.0904. The van der Waals surface area contributed by atoms with Crippen LogP contribution in [-0.4, -0.2) is 61.3 Å². The molecule has 0 atom stereocenters. The number of piperazine rings is 1. The van der Waals surface area contributed by atoms with Crippen LogP contribution >= 0.6 is 0 Å². The number of alkyl halides is 3. The highest BCUT2D eigenvalue weighted by molar-refractivity contribution is 5.81. The minimum atomic E-state index is -4.80. The largest absolute Gasteiger partial charge is 0.471 e. The van der Waals surface area contributed by atoms with Crippen LogP contribution in [0.3, 0.4) is 0 Å². The number of rotatable bonds is 3. The highest BCUT2D eigenvalue weighted by Gasteiger charge is 2.48. The van der Waals surface area contributed by atoms with Gasteiger partial charge in [0.05, 0.1) is 18.8 Å². The molecular formula is C17H21F3N2O2. The fourth-order valence-electron chi connectivity index (χ4n) is 3.39. The summed E-state index contributed by atoms with van der Waals surface area (Å²) in [6.45, 7) is 4.17. The van der Waals surface area contributed by atoms with Crippen molar-refractivity contribution in [3.05, 3.63) is 35.4 Å². The van der Waals surface area contributed by atoms with E-state index in [0.29, 0.717) is 26.3 Å². The molecule has 0 bridgehead atoms. The number of carbonyl (C=O) groups is 1. The standard InChI is InChI=1S/C17H21F3N2O2/c1-2-13-3-5-14(6-4-13)16(11-24-12-16)22-9-7-21(8-10-22)15(23)17(18,19)20/h3-6H,2,7-12H2,1H3. The SMILES string of the molecule is CCc1ccc(C2(N3CCN(C(=O)C(F)(F)F)CC3)COC2)cc1. The number of halogens is 3. The third-order valence-electron chi connectivity index (χ3n) is 5.00. The van der Waals surface area contributed by atoms with Gasteiger partial charge in [-0.1, -0.05) is 31.2 Å². The Bertz CT molecular complexity index is 589. The zero-order chi connectivity index (χ0) is 17.4. The van der Waals surface area contributed by atoms with Gasteiger partial charge in [0.25, 0.3) is 0 Å². The molecule has 3 rings (SSSR count). The Labute approximate surface area is 139 Å². The number of benzene rings is 1. The van der Waals surface area contributed by atoms with E-state index in [9.17, 15) is 18.0 Å². The Morgan fingerprint density at radius 3 is 2.12 bits per heavy atom. The van der Waals surface area contributed by atoms with Crippen LogP contribution < -0.4 is 0 Å². The molecule has 2 heterocycles. The van der Waals surface area contributed by atoms with Crippen molar-refractivity contribution in [3.8, 4) is 0 Å². The molecule has 2 aliphatic heterocycles. The van der Waals surface area contributed by atoms with Gasteiger partial charge in [-0.15, -0.1) is 0 Å². The van der Waals surface area contributed by atoms with Gasteiger partial charge in [0.2, 0.25) is 0 Å². The van der Waals surface area contributed by atoms with Crippen LogP contribution in [0.25, 0.3) is 0 Å². The molecule has 4 nitrogen and oxygen atoms in total. The van der Waals surface area contributed by atoms with E-state index in [1.165, 1.54) is 5.56 Å². The van der Waals surface area contributed by atoms with Crippen LogP contribution in [0.15, 0.2) is 24.3 Å². The maximum Gasteiger partial charge on any atom is 0.471 e. The van der Waals surface area contributed by atoms with Gasteiger partial charge in [-0.25, -0.2) is 0 Å². The molecule has 0 radical (unpaired) electrons. The molecule has 2 saturated heterocycles. The smallest absolute Gasteiger partial charge is 0.377 e. The molecule has 0 unspecified atom stereocenters. The summed E-state index contributed by atoms with van der Waals surface area (Å²) in [6.07, 6.45) is -3.84. The van der Waals surface area contributed by atoms with Crippen LogP contribution in [0.5, 0.6) is 0 Å². The molecule has 0 N–H and O–H groups in total. The minimum Gasteiger partial charge on any atom is -0.377 e. The summed E-state index contributed by atoms with van der Waals surface area (Å²) < 4.78 is 43.1. The molecule has 0 spiro atoms. The first-order valence-electron chi connectivity index (χ1n) is 8.15. The number of amides is 1. The van der Waals surface area contributed by atoms with E-state index in [0.717, 1.165) is 16.9 Å². The fraction of sp³-hybridized carbons (Fsp3) is 0.588. The Morgan fingerprint density at radius 2 is 1.71 bits per heavy atom. The van der Waals surface area contributed by atoms with Crippen LogP contribution in [-0.2, 0) is 21.5 Å².